The fourth-order valence-electron chi connectivity index (χ4n) is 2.44. The maximum atomic E-state index is 11.8. The molecule has 1 aliphatic carbocycles. The first-order valence-electron chi connectivity index (χ1n) is 5.53. The molecule has 0 saturated carbocycles. The van der Waals surface area contributed by atoms with E-state index in [0.717, 1.165) is 5.56 Å². The van der Waals surface area contributed by atoms with Crippen LogP contribution >= 0.6 is 0 Å². The van der Waals surface area contributed by atoms with Gasteiger partial charge in [-0.15, -0.1) is 0 Å². The zero-order chi connectivity index (χ0) is 11.0. The number of Topliss-reactive ketones (excluding diaryl/α,β-unsaturated/α-hetero) is 1. The van der Waals surface area contributed by atoms with Crippen LogP contribution in [0.1, 0.15) is 33.8 Å². The van der Waals surface area contributed by atoms with Crippen molar-refractivity contribution >= 4 is 5.78 Å². The maximum Gasteiger partial charge on any atom is 0.164 e. The molecule has 2 aromatic carbocycles. The second-order valence-corrected chi connectivity index (χ2v) is 4.18. The Bertz CT molecular complexity index is 528. The second-order valence-electron chi connectivity index (χ2n) is 4.18. The minimum atomic E-state index is 0.255. The summed E-state index contributed by atoms with van der Waals surface area (Å²) in [5.41, 5.74) is 3.32. The van der Waals surface area contributed by atoms with Gasteiger partial charge < -0.3 is 0 Å². The van der Waals surface area contributed by atoms with Crippen molar-refractivity contribution in [1.82, 2.24) is 0 Å². The summed E-state index contributed by atoms with van der Waals surface area (Å²) in [7, 11) is 0. The van der Waals surface area contributed by atoms with Crippen molar-refractivity contribution < 1.29 is 4.79 Å². The van der Waals surface area contributed by atoms with E-state index in [1.165, 1.54) is 11.1 Å². The highest BCUT2D eigenvalue weighted by Crippen LogP contribution is 2.37. The Morgan fingerprint density at radius 3 is 2.38 bits per heavy atom. The van der Waals surface area contributed by atoms with Gasteiger partial charge in [-0.05, 0) is 11.1 Å². The van der Waals surface area contributed by atoms with Crippen molar-refractivity contribution in [2.24, 2.45) is 0 Å². The highest BCUT2D eigenvalue weighted by Gasteiger charge is 2.29. The summed E-state index contributed by atoms with van der Waals surface area (Å²) in [5.74, 6) is 0.523. The number of carbonyl (C=O) groups is 1. The predicted molar refractivity (Wildman–Crippen MR) is 63.7 cm³/mol. The molecule has 1 nitrogen and oxygen atoms in total. The van der Waals surface area contributed by atoms with Gasteiger partial charge in [0.05, 0.1) is 0 Å². The molecule has 16 heavy (non-hydrogen) atoms. The van der Waals surface area contributed by atoms with Crippen molar-refractivity contribution in [3.8, 4) is 0 Å². The maximum absolute atomic E-state index is 11.8. The summed E-state index contributed by atoms with van der Waals surface area (Å²) < 4.78 is 0. The zero-order valence-corrected chi connectivity index (χ0v) is 8.89. The molecular weight excluding hydrogens is 196 g/mol. The largest absolute Gasteiger partial charge is 0.294 e. The lowest BCUT2D eigenvalue weighted by Crippen LogP contribution is -1.95. The fraction of sp³-hybridized carbons (Fsp3) is 0.133. The summed E-state index contributed by atoms with van der Waals surface area (Å²) >= 11 is 0. The average Bonchev–Trinajstić information content (AvgIpc) is 2.69. The van der Waals surface area contributed by atoms with Crippen LogP contribution in [-0.4, -0.2) is 5.78 Å². The highest BCUT2D eigenvalue weighted by molar-refractivity contribution is 6.01. The number of hydrogen-bond acceptors (Lipinski definition) is 1. The van der Waals surface area contributed by atoms with Crippen LogP contribution in [0.15, 0.2) is 54.6 Å². The zero-order valence-electron chi connectivity index (χ0n) is 8.89. The van der Waals surface area contributed by atoms with Crippen LogP contribution in [0.5, 0.6) is 0 Å². The summed E-state index contributed by atoms with van der Waals surface area (Å²) in [5, 5.41) is 0. The van der Waals surface area contributed by atoms with Crippen molar-refractivity contribution in [3.05, 3.63) is 71.3 Å². The minimum absolute atomic E-state index is 0.255. The minimum Gasteiger partial charge on any atom is -0.294 e. The average molecular weight is 208 g/mol. The number of fused-ring (bicyclic) bond motifs is 1. The van der Waals surface area contributed by atoms with E-state index in [-0.39, 0.29) is 11.7 Å². The van der Waals surface area contributed by atoms with Crippen LogP contribution < -0.4 is 0 Å². The molecular formula is C15H12O. The number of carbonyl (C=O) groups excluding carboxylic acids is 1. The van der Waals surface area contributed by atoms with Gasteiger partial charge in [0.25, 0.3) is 0 Å². The Morgan fingerprint density at radius 1 is 0.875 bits per heavy atom. The van der Waals surface area contributed by atoms with E-state index in [0.29, 0.717) is 6.42 Å². The van der Waals surface area contributed by atoms with Gasteiger partial charge in [0, 0.05) is 17.9 Å². The summed E-state index contributed by atoms with van der Waals surface area (Å²) in [4.78, 5) is 11.8. The molecule has 0 bridgehead atoms. The van der Waals surface area contributed by atoms with Gasteiger partial charge in [0.15, 0.2) is 5.78 Å². The SMILES string of the molecule is O=C1C[C@@H](c2ccccc2)c2ccccc21. The molecule has 0 radical (unpaired) electrons. The monoisotopic (exact) mass is 208 g/mol. The fourth-order valence-corrected chi connectivity index (χ4v) is 2.44. The Labute approximate surface area is 94.7 Å². The normalized spacial score (nSPS) is 18.5. The van der Waals surface area contributed by atoms with Gasteiger partial charge in [-0.1, -0.05) is 54.6 Å². The van der Waals surface area contributed by atoms with Crippen molar-refractivity contribution in [3.63, 3.8) is 0 Å². The van der Waals surface area contributed by atoms with Crippen LogP contribution in [0, 0.1) is 0 Å². The van der Waals surface area contributed by atoms with Crippen LogP contribution in [0.2, 0.25) is 0 Å². The van der Waals surface area contributed by atoms with Gasteiger partial charge in [-0.2, -0.15) is 0 Å². The van der Waals surface area contributed by atoms with Gasteiger partial charge in [0.1, 0.15) is 0 Å². The van der Waals surface area contributed by atoms with Crippen LogP contribution in [0.4, 0.5) is 0 Å². The topological polar surface area (TPSA) is 17.1 Å². The number of benzene rings is 2. The van der Waals surface area contributed by atoms with Gasteiger partial charge >= 0.3 is 0 Å². The Morgan fingerprint density at radius 2 is 1.56 bits per heavy atom. The van der Waals surface area contributed by atoms with Crippen molar-refractivity contribution in [2.45, 2.75) is 12.3 Å². The van der Waals surface area contributed by atoms with Gasteiger partial charge in [-0.25, -0.2) is 0 Å². The molecule has 0 amide bonds. The molecule has 0 heterocycles. The molecule has 2 aromatic rings. The molecule has 1 heteroatoms. The number of ketones is 1. The van der Waals surface area contributed by atoms with Crippen LogP contribution in [0.3, 0.4) is 0 Å². The van der Waals surface area contributed by atoms with E-state index in [1.54, 1.807) is 0 Å². The lowest BCUT2D eigenvalue weighted by Gasteiger charge is -2.10. The van der Waals surface area contributed by atoms with E-state index < -0.39 is 0 Å². The van der Waals surface area contributed by atoms with Crippen LogP contribution in [0.25, 0.3) is 0 Å². The van der Waals surface area contributed by atoms with E-state index in [1.807, 2.05) is 36.4 Å². The molecule has 0 spiro atoms. The Balaban J connectivity index is 2.11. The smallest absolute Gasteiger partial charge is 0.164 e. The van der Waals surface area contributed by atoms with Gasteiger partial charge in [-0.3, -0.25) is 4.79 Å². The highest BCUT2D eigenvalue weighted by atomic mass is 16.1. The molecule has 0 fully saturated rings. The lowest BCUT2D eigenvalue weighted by molar-refractivity contribution is 0.0991. The molecule has 0 saturated heterocycles. The summed E-state index contributed by atoms with van der Waals surface area (Å²) in [6, 6.07) is 18.2. The van der Waals surface area contributed by atoms with E-state index in [9.17, 15) is 4.79 Å². The van der Waals surface area contributed by atoms with E-state index >= 15 is 0 Å². The first-order valence-corrected chi connectivity index (χ1v) is 5.53. The molecule has 78 valence electrons. The molecule has 3 rings (SSSR count). The second kappa shape index (κ2) is 3.60. The Hall–Kier alpha value is -1.89. The molecule has 0 aliphatic heterocycles. The summed E-state index contributed by atoms with van der Waals surface area (Å²) in [6.45, 7) is 0. The Kier molecular flexibility index (Phi) is 2.10. The quantitative estimate of drug-likeness (QED) is 0.702. The number of rotatable bonds is 1. The van der Waals surface area contributed by atoms with Crippen molar-refractivity contribution in [1.29, 1.82) is 0 Å². The van der Waals surface area contributed by atoms with Crippen molar-refractivity contribution in [2.75, 3.05) is 0 Å². The van der Waals surface area contributed by atoms with Crippen LogP contribution in [-0.2, 0) is 0 Å². The number of hydrogen-bond donors (Lipinski definition) is 0. The standard InChI is InChI=1S/C15H12O/c16-15-10-14(11-6-2-1-3-7-11)12-8-4-5-9-13(12)15/h1-9,14H,10H2/t14-/m0/s1. The first-order chi connectivity index (χ1) is 7.86. The predicted octanol–water partition coefficient (Wildman–Crippen LogP) is 3.40. The lowest BCUT2D eigenvalue weighted by atomic mass is 9.93. The third-order valence-corrected chi connectivity index (χ3v) is 3.23. The molecule has 1 aliphatic rings. The van der Waals surface area contributed by atoms with Gasteiger partial charge in [0.2, 0.25) is 0 Å². The third kappa shape index (κ3) is 1.36. The molecule has 1 atom stereocenters. The molecule has 0 aromatic heterocycles. The van der Waals surface area contributed by atoms with E-state index in [2.05, 4.69) is 18.2 Å². The first kappa shape index (κ1) is 9.34. The molecule has 0 N–H and O–H groups in total. The summed E-state index contributed by atoms with van der Waals surface area (Å²) in [6.07, 6.45) is 0.614. The third-order valence-electron chi connectivity index (χ3n) is 3.23. The molecule has 0 unspecified atom stereocenters. The van der Waals surface area contributed by atoms with E-state index in [4.69, 9.17) is 0 Å².